The number of hydrogen-bond acceptors (Lipinski definition) is 8. The number of benzene rings is 1. The third-order valence-corrected chi connectivity index (χ3v) is 4.55. The van der Waals surface area contributed by atoms with E-state index in [-0.39, 0.29) is 11.5 Å². The summed E-state index contributed by atoms with van der Waals surface area (Å²) in [6.45, 7) is -2.09. The molecular formula is C18H16F2N4O5S. The first-order valence-corrected chi connectivity index (χ1v) is 9.39. The Bertz CT molecular complexity index is 1090. The second kappa shape index (κ2) is 9.89. The van der Waals surface area contributed by atoms with Gasteiger partial charge in [-0.3, -0.25) is 15.1 Å². The van der Waals surface area contributed by atoms with Gasteiger partial charge >= 0.3 is 12.5 Å². The van der Waals surface area contributed by atoms with Crippen molar-refractivity contribution in [3.63, 3.8) is 0 Å². The number of nitro groups is 1. The number of rotatable bonds is 9. The molecule has 3 rings (SSSR count). The minimum absolute atomic E-state index is 0.0342. The second-order valence-electron chi connectivity index (χ2n) is 5.67. The molecular weight excluding hydrogens is 422 g/mol. The van der Waals surface area contributed by atoms with Crippen molar-refractivity contribution in [3.8, 4) is 17.0 Å². The molecule has 0 atom stereocenters. The van der Waals surface area contributed by atoms with Crippen LogP contribution in [0, 0.1) is 10.1 Å². The molecule has 0 amide bonds. The summed E-state index contributed by atoms with van der Waals surface area (Å²) >= 11 is 1.32. The van der Waals surface area contributed by atoms with Gasteiger partial charge in [0.05, 0.1) is 31.1 Å². The van der Waals surface area contributed by atoms with E-state index in [4.69, 9.17) is 9.15 Å². The van der Waals surface area contributed by atoms with Gasteiger partial charge < -0.3 is 13.9 Å². The Morgan fingerprint density at radius 1 is 1.30 bits per heavy atom. The molecule has 12 heteroatoms. The number of furan rings is 1. The van der Waals surface area contributed by atoms with Gasteiger partial charge in [-0.2, -0.15) is 13.9 Å². The molecule has 0 aliphatic carbocycles. The van der Waals surface area contributed by atoms with Crippen LogP contribution in [0.4, 0.5) is 14.7 Å². The Morgan fingerprint density at radius 3 is 2.70 bits per heavy atom. The fraction of sp³-hybridized carbons (Fsp3) is 0.222. The summed E-state index contributed by atoms with van der Waals surface area (Å²) < 4.78 is 40.7. The van der Waals surface area contributed by atoms with Gasteiger partial charge in [-0.1, -0.05) is 0 Å². The fourth-order valence-corrected chi connectivity index (χ4v) is 3.25. The molecule has 2 heterocycles. The normalized spacial score (nSPS) is 12.2. The molecule has 158 valence electrons. The van der Waals surface area contributed by atoms with Crippen molar-refractivity contribution in [1.82, 2.24) is 4.68 Å². The van der Waals surface area contributed by atoms with E-state index in [1.807, 2.05) is 0 Å². The largest absolute Gasteiger partial charge is 0.435 e. The van der Waals surface area contributed by atoms with Gasteiger partial charge in [-0.15, -0.1) is 11.3 Å². The lowest BCUT2D eigenvalue weighted by atomic mass is 10.2. The molecule has 0 radical (unpaired) electrons. The lowest BCUT2D eigenvalue weighted by molar-refractivity contribution is -0.402. The van der Waals surface area contributed by atoms with Crippen LogP contribution in [0.1, 0.15) is 5.76 Å². The molecule has 9 nitrogen and oxygen atoms in total. The summed E-state index contributed by atoms with van der Waals surface area (Å²) in [5, 5.41) is 16.9. The molecule has 30 heavy (non-hydrogen) atoms. The second-order valence-corrected chi connectivity index (χ2v) is 6.51. The van der Waals surface area contributed by atoms with Gasteiger partial charge in [0.15, 0.2) is 5.76 Å². The highest BCUT2D eigenvalue weighted by Crippen LogP contribution is 2.24. The van der Waals surface area contributed by atoms with Crippen molar-refractivity contribution in [2.24, 2.45) is 10.1 Å². The van der Waals surface area contributed by atoms with Crippen molar-refractivity contribution in [2.45, 2.75) is 6.61 Å². The van der Waals surface area contributed by atoms with Gasteiger partial charge in [0, 0.05) is 18.1 Å². The topological polar surface area (TPSA) is 104 Å². The van der Waals surface area contributed by atoms with Gasteiger partial charge in [0.1, 0.15) is 10.7 Å². The molecule has 0 spiro atoms. The smallest absolute Gasteiger partial charge is 0.433 e. The maximum atomic E-state index is 12.4. The zero-order chi connectivity index (χ0) is 21.5. The highest BCUT2D eigenvalue weighted by atomic mass is 32.1. The number of nitrogens with zero attached hydrogens (tertiary/aromatic N) is 4. The summed E-state index contributed by atoms with van der Waals surface area (Å²) in [5.41, 5.74) is 1.32. The minimum atomic E-state index is -2.91. The predicted octanol–water partition coefficient (Wildman–Crippen LogP) is 3.75. The first-order valence-electron chi connectivity index (χ1n) is 8.51. The molecule has 0 unspecified atom stereocenters. The molecule has 0 saturated heterocycles. The SMILES string of the molecule is COCCN=c1scc(-c2ccc(OC(F)F)cc2)n1/N=C/c1ccc([N+](=O)[O-])o1. The van der Waals surface area contributed by atoms with E-state index in [9.17, 15) is 18.9 Å². The van der Waals surface area contributed by atoms with Gasteiger partial charge in [0.25, 0.3) is 0 Å². The van der Waals surface area contributed by atoms with Crippen LogP contribution in [0.2, 0.25) is 0 Å². The highest BCUT2D eigenvalue weighted by molar-refractivity contribution is 7.07. The first kappa shape index (κ1) is 21.3. The third kappa shape index (κ3) is 5.36. The van der Waals surface area contributed by atoms with Crippen LogP contribution in [-0.2, 0) is 4.74 Å². The van der Waals surface area contributed by atoms with Crippen LogP contribution in [0.5, 0.6) is 5.75 Å². The van der Waals surface area contributed by atoms with Crippen molar-refractivity contribution in [3.05, 3.63) is 62.5 Å². The van der Waals surface area contributed by atoms with Crippen molar-refractivity contribution in [1.29, 1.82) is 0 Å². The summed E-state index contributed by atoms with van der Waals surface area (Å²) in [6, 6.07) is 8.72. The zero-order valence-electron chi connectivity index (χ0n) is 15.6. The lowest BCUT2D eigenvalue weighted by Gasteiger charge is -2.06. The van der Waals surface area contributed by atoms with Crippen LogP contribution in [-0.4, -0.2) is 42.7 Å². The van der Waals surface area contributed by atoms with Crippen molar-refractivity contribution in [2.75, 3.05) is 20.3 Å². The Hall–Kier alpha value is -3.38. The van der Waals surface area contributed by atoms with E-state index in [1.54, 1.807) is 24.6 Å². The summed E-state index contributed by atoms with van der Waals surface area (Å²) in [4.78, 5) is 15.1. The zero-order valence-corrected chi connectivity index (χ0v) is 16.4. The molecule has 0 saturated carbocycles. The fourth-order valence-electron chi connectivity index (χ4n) is 2.38. The minimum Gasteiger partial charge on any atom is -0.435 e. The molecule has 2 aromatic heterocycles. The van der Waals surface area contributed by atoms with E-state index in [1.165, 1.54) is 46.5 Å². The van der Waals surface area contributed by atoms with Crippen LogP contribution in [0.15, 0.2) is 56.3 Å². The molecule has 0 N–H and O–H groups in total. The Morgan fingerprint density at radius 2 is 2.07 bits per heavy atom. The Kier molecular flexibility index (Phi) is 7.03. The number of halogens is 2. The van der Waals surface area contributed by atoms with Crippen LogP contribution in [0.3, 0.4) is 0 Å². The monoisotopic (exact) mass is 438 g/mol. The standard InChI is InChI=1S/C18H16F2N4O5S/c1-27-9-8-21-18-23(22-10-14-6-7-16(28-14)24(25)26)15(11-30-18)12-2-4-13(5-3-12)29-17(19)20/h2-7,10-11,17H,8-9H2,1H3/b21-18?,22-10+. The van der Waals surface area contributed by atoms with Crippen LogP contribution < -0.4 is 9.54 Å². The van der Waals surface area contributed by atoms with Gasteiger partial charge in [0.2, 0.25) is 4.80 Å². The van der Waals surface area contributed by atoms with Gasteiger partial charge in [-0.25, -0.2) is 4.68 Å². The third-order valence-electron chi connectivity index (χ3n) is 3.70. The maximum absolute atomic E-state index is 12.4. The number of methoxy groups -OCH3 is 1. The summed E-state index contributed by atoms with van der Waals surface area (Å²) in [7, 11) is 1.56. The van der Waals surface area contributed by atoms with Crippen molar-refractivity contribution < 1.29 is 27.6 Å². The summed E-state index contributed by atoms with van der Waals surface area (Å²) in [6.07, 6.45) is 1.33. The van der Waals surface area contributed by atoms with E-state index in [0.717, 1.165) is 0 Å². The summed E-state index contributed by atoms with van der Waals surface area (Å²) in [5.74, 6) is -0.173. The Labute approximate surface area is 172 Å². The number of aromatic nitrogens is 1. The molecule has 1 aromatic carbocycles. The van der Waals surface area contributed by atoms with E-state index >= 15 is 0 Å². The molecule has 0 bridgehead atoms. The van der Waals surface area contributed by atoms with E-state index in [2.05, 4.69) is 14.8 Å². The number of thiazole rings is 1. The molecule has 0 fully saturated rings. The first-order chi connectivity index (χ1) is 14.5. The molecule has 0 aliphatic heterocycles. The number of ether oxygens (including phenoxy) is 2. The highest BCUT2D eigenvalue weighted by Gasteiger charge is 2.12. The van der Waals surface area contributed by atoms with Gasteiger partial charge in [-0.05, 0) is 30.3 Å². The number of alkyl halides is 2. The predicted molar refractivity (Wildman–Crippen MR) is 105 cm³/mol. The van der Waals surface area contributed by atoms with E-state index in [0.29, 0.717) is 29.2 Å². The quantitative estimate of drug-likeness (QED) is 0.219. The molecule has 0 aliphatic rings. The van der Waals surface area contributed by atoms with Crippen molar-refractivity contribution >= 4 is 23.4 Å². The van der Waals surface area contributed by atoms with E-state index < -0.39 is 17.4 Å². The average Bonchev–Trinajstić information content (AvgIpc) is 3.34. The van der Waals surface area contributed by atoms with Crippen LogP contribution >= 0.6 is 11.3 Å². The van der Waals surface area contributed by atoms with Crippen LogP contribution in [0.25, 0.3) is 11.3 Å². The lowest BCUT2D eigenvalue weighted by Crippen LogP contribution is -2.13. The Balaban J connectivity index is 1.95. The number of hydrogen-bond donors (Lipinski definition) is 0. The molecule has 3 aromatic rings. The maximum Gasteiger partial charge on any atom is 0.433 e. The average molecular weight is 438 g/mol.